The second kappa shape index (κ2) is 6.59. The molecule has 0 fully saturated rings. The summed E-state index contributed by atoms with van der Waals surface area (Å²) in [5.41, 5.74) is 1.48. The van der Waals surface area contributed by atoms with Gasteiger partial charge in [-0.2, -0.15) is 5.10 Å². The zero-order chi connectivity index (χ0) is 15.5. The van der Waals surface area contributed by atoms with Gasteiger partial charge in [0.25, 0.3) is 10.0 Å². The van der Waals surface area contributed by atoms with Crippen molar-refractivity contribution in [2.45, 2.75) is 18.4 Å². The minimum Gasteiger partial charge on any atom is -0.318 e. The van der Waals surface area contributed by atoms with Gasteiger partial charge < -0.3 is 5.32 Å². The van der Waals surface area contributed by atoms with E-state index in [-0.39, 0.29) is 4.90 Å². The second-order valence-electron chi connectivity index (χ2n) is 4.63. The highest BCUT2D eigenvalue weighted by Gasteiger charge is 2.18. The van der Waals surface area contributed by atoms with Gasteiger partial charge in [0.2, 0.25) is 0 Å². The van der Waals surface area contributed by atoms with E-state index < -0.39 is 10.0 Å². The highest BCUT2D eigenvalue weighted by atomic mass is 79.9. The molecule has 1 heterocycles. The van der Waals surface area contributed by atoms with Crippen LogP contribution in [0.15, 0.2) is 40.0 Å². The van der Waals surface area contributed by atoms with E-state index in [0.29, 0.717) is 16.7 Å². The molecule has 0 saturated heterocycles. The third kappa shape index (κ3) is 4.05. The average molecular weight is 373 g/mol. The SMILES string of the molecule is CNCCn1cc(S(=O)(=O)Nc2cc(C)ccc2Br)cn1. The van der Waals surface area contributed by atoms with Gasteiger partial charge in [-0.1, -0.05) is 6.07 Å². The van der Waals surface area contributed by atoms with E-state index in [1.165, 1.54) is 12.4 Å². The topological polar surface area (TPSA) is 76.0 Å². The number of halogens is 1. The number of aromatic nitrogens is 2. The summed E-state index contributed by atoms with van der Waals surface area (Å²) in [7, 11) is -1.81. The minimum atomic E-state index is -3.64. The van der Waals surface area contributed by atoms with Gasteiger partial charge in [0.05, 0.1) is 18.4 Å². The van der Waals surface area contributed by atoms with Gasteiger partial charge in [-0.25, -0.2) is 8.42 Å². The number of sulfonamides is 1. The zero-order valence-corrected chi connectivity index (χ0v) is 14.2. The second-order valence-corrected chi connectivity index (χ2v) is 7.17. The summed E-state index contributed by atoms with van der Waals surface area (Å²) in [6, 6.07) is 5.48. The van der Waals surface area contributed by atoms with Crippen molar-refractivity contribution in [1.29, 1.82) is 0 Å². The summed E-state index contributed by atoms with van der Waals surface area (Å²) in [6.45, 7) is 3.23. The van der Waals surface area contributed by atoms with Crippen molar-refractivity contribution in [1.82, 2.24) is 15.1 Å². The molecule has 0 unspecified atom stereocenters. The van der Waals surface area contributed by atoms with Crippen LogP contribution in [0.25, 0.3) is 0 Å². The van der Waals surface area contributed by atoms with Crippen molar-refractivity contribution < 1.29 is 8.42 Å². The molecule has 0 amide bonds. The molecule has 6 nitrogen and oxygen atoms in total. The molecular formula is C13H17BrN4O2S. The first kappa shape index (κ1) is 16.0. The first-order chi connectivity index (χ1) is 9.92. The van der Waals surface area contributed by atoms with Crippen LogP contribution in [0.2, 0.25) is 0 Å². The zero-order valence-electron chi connectivity index (χ0n) is 11.8. The molecule has 1 aromatic heterocycles. The molecule has 8 heteroatoms. The van der Waals surface area contributed by atoms with E-state index in [2.05, 4.69) is 31.1 Å². The number of hydrogen-bond donors (Lipinski definition) is 2. The maximum atomic E-state index is 12.4. The van der Waals surface area contributed by atoms with E-state index >= 15 is 0 Å². The number of aryl methyl sites for hydroxylation is 1. The van der Waals surface area contributed by atoms with Crippen molar-refractivity contribution >= 4 is 31.6 Å². The Morgan fingerprint density at radius 3 is 2.86 bits per heavy atom. The van der Waals surface area contributed by atoms with Crippen LogP contribution in [0, 0.1) is 6.92 Å². The molecule has 0 spiro atoms. The Morgan fingerprint density at radius 1 is 1.38 bits per heavy atom. The lowest BCUT2D eigenvalue weighted by Crippen LogP contribution is -2.15. The Balaban J connectivity index is 2.22. The minimum absolute atomic E-state index is 0.145. The van der Waals surface area contributed by atoms with Gasteiger partial charge in [0.1, 0.15) is 4.90 Å². The fourth-order valence-electron chi connectivity index (χ4n) is 1.75. The van der Waals surface area contributed by atoms with Crippen LogP contribution in [0.5, 0.6) is 0 Å². The van der Waals surface area contributed by atoms with Crippen molar-refractivity contribution in [3.63, 3.8) is 0 Å². The number of rotatable bonds is 6. The predicted molar refractivity (Wildman–Crippen MR) is 85.8 cm³/mol. The first-order valence-electron chi connectivity index (χ1n) is 6.38. The smallest absolute Gasteiger partial charge is 0.265 e. The van der Waals surface area contributed by atoms with E-state index in [9.17, 15) is 8.42 Å². The van der Waals surface area contributed by atoms with Gasteiger partial charge in [-0.05, 0) is 47.6 Å². The molecule has 0 atom stereocenters. The molecule has 0 radical (unpaired) electrons. The lowest BCUT2D eigenvalue weighted by atomic mass is 10.2. The molecule has 0 bridgehead atoms. The van der Waals surface area contributed by atoms with Crippen LogP contribution in [0.1, 0.15) is 5.56 Å². The molecule has 21 heavy (non-hydrogen) atoms. The Labute approximate surface area is 132 Å². The van der Waals surface area contributed by atoms with Crippen LogP contribution in [0.4, 0.5) is 5.69 Å². The van der Waals surface area contributed by atoms with Crippen LogP contribution >= 0.6 is 15.9 Å². The van der Waals surface area contributed by atoms with Crippen molar-refractivity contribution in [2.24, 2.45) is 0 Å². The maximum absolute atomic E-state index is 12.4. The normalized spacial score (nSPS) is 11.6. The third-order valence-electron chi connectivity index (χ3n) is 2.88. The third-order valence-corrected chi connectivity index (χ3v) is 4.89. The standard InChI is InChI=1S/C13H17BrN4O2S/c1-10-3-4-12(14)13(7-10)17-21(19,20)11-8-16-18(9-11)6-5-15-2/h3-4,7-9,15,17H,5-6H2,1-2H3. The van der Waals surface area contributed by atoms with E-state index in [1.54, 1.807) is 10.7 Å². The number of nitrogens with zero attached hydrogens (tertiary/aromatic N) is 2. The van der Waals surface area contributed by atoms with Gasteiger partial charge in [-0.15, -0.1) is 0 Å². The largest absolute Gasteiger partial charge is 0.318 e. The number of anilines is 1. The molecule has 1 aromatic carbocycles. The summed E-state index contributed by atoms with van der Waals surface area (Å²) in [5, 5.41) is 7.03. The van der Waals surface area contributed by atoms with E-state index in [4.69, 9.17) is 0 Å². The first-order valence-corrected chi connectivity index (χ1v) is 8.66. The summed E-state index contributed by atoms with van der Waals surface area (Å²) in [4.78, 5) is 0.145. The highest BCUT2D eigenvalue weighted by molar-refractivity contribution is 9.10. The van der Waals surface area contributed by atoms with Gasteiger partial charge in [-0.3, -0.25) is 9.40 Å². The highest BCUT2D eigenvalue weighted by Crippen LogP contribution is 2.25. The number of likely N-dealkylation sites (N-methyl/N-ethyl adjacent to an activating group) is 1. The van der Waals surface area contributed by atoms with Gasteiger partial charge >= 0.3 is 0 Å². The summed E-state index contributed by atoms with van der Waals surface area (Å²) < 4.78 is 29.6. The maximum Gasteiger partial charge on any atom is 0.265 e. The lowest BCUT2D eigenvalue weighted by Gasteiger charge is -2.09. The van der Waals surface area contributed by atoms with Crippen molar-refractivity contribution in [3.8, 4) is 0 Å². The van der Waals surface area contributed by atoms with Crippen molar-refractivity contribution in [3.05, 3.63) is 40.6 Å². The molecule has 2 aromatic rings. The number of nitrogens with one attached hydrogen (secondary N) is 2. The molecule has 0 aliphatic carbocycles. The Kier molecular flexibility index (Phi) is 5.02. The monoisotopic (exact) mass is 372 g/mol. The van der Waals surface area contributed by atoms with Gasteiger partial charge in [0, 0.05) is 17.2 Å². The van der Waals surface area contributed by atoms with Crippen LogP contribution in [-0.4, -0.2) is 31.8 Å². The molecule has 2 N–H and O–H groups in total. The summed E-state index contributed by atoms with van der Waals surface area (Å²) in [6.07, 6.45) is 2.87. The van der Waals surface area contributed by atoms with Crippen LogP contribution < -0.4 is 10.0 Å². The Hall–Kier alpha value is -1.38. The summed E-state index contributed by atoms with van der Waals surface area (Å²) in [5.74, 6) is 0. The molecule has 0 aliphatic heterocycles. The summed E-state index contributed by atoms with van der Waals surface area (Å²) >= 11 is 3.34. The lowest BCUT2D eigenvalue weighted by molar-refractivity contribution is 0.582. The molecule has 2 rings (SSSR count). The fraction of sp³-hybridized carbons (Fsp3) is 0.308. The number of hydrogen-bond acceptors (Lipinski definition) is 4. The van der Waals surface area contributed by atoms with Crippen LogP contribution in [0.3, 0.4) is 0 Å². The van der Waals surface area contributed by atoms with Crippen molar-refractivity contribution in [2.75, 3.05) is 18.3 Å². The Bertz CT molecular complexity index is 728. The Morgan fingerprint density at radius 2 is 2.14 bits per heavy atom. The molecule has 114 valence electrons. The molecular weight excluding hydrogens is 356 g/mol. The van der Waals surface area contributed by atoms with Gasteiger partial charge in [0.15, 0.2) is 0 Å². The molecule has 0 aliphatic rings. The predicted octanol–water partition coefficient (Wildman–Crippen LogP) is 1.97. The average Bonchev–Trinajstić information content (AvgIpc) is 2.90. The van der Waals surface area contributed by atoms with E-state index in [0.717, 1.165) is 12.1 Å². The van der Waals surface area contributed by atoms with Crippen LogP contribution in [-0.2, 0) is 16.6 Å². The molecule has 0 saturated carbocycles. The van der Waals surface area contributed by atoms with E-state index in [1.807, 2.05) is 26.1 Å². The quantitative estimate of drug-likeness (QED) is 0.812. The number of benzene rings is 1. The fourth-order valence-corrected chi connectivity index (χ4v) is 3.25.